The molecule has 0 aromatic heterocycles. The number of amides is 1. The van der Waals surface area contributed by atoms with Crippen LogP contribution in [0.15, 0.2) is 84.9 Å². The van der Waals surface area contributed by atoms with Gasteiger partial charge in [-0.2, -0.15) is 0 Å². The molecule has 0 saturated heterocycles. The van der Waals surface area contributed by atoms with Gasteiger partial charge in [0.15, 0.2) is 0 Å². The number of nitrogens with zero attached hydrogens (tertiary/aromatic N) is 1. The molecule has 0 spiro atoms. The molecule has 7 nitrogen and oxygen atoms in total. The standard InChI is InChI=1S/C34H37N5O2/c35-26-14-16-27(17-15-26)38-34(40)31-18-23-12-13-24(33(36)37)19-30(23)39(31)20-25-8-4-10-29-28(25)9-5-11-32(29)41-21-22-6-2-1-3-7-22/h1-13,19,26-27,31H,14-18,20-21,35H2,(H3,36,37)(H,38,40). The van der Waals surface area contributed by atoms with E-state index in [4.69, 9.17) is 21.6 Å². The van der Waals surface area contributed by atoms with Crippen LogP contribution in [-0.4, -0.2) is 29.9 Å². The number of rotatable bonds is 8. The zero-order valence-electron chi connectivity index (χ0n) is 23.2. The number of ether oxygens (including phenoxy) is 1. The van der Waals surface area contributed by atoms with Gasteiger partial charge in [0.2, 0.25) is 5.91 Å². The molecule has 4 aromatic rings. The minimum Gasteiger partial charge on any atom is -0.488 e. The van der Waals surface area contributed by atoms with Crippen molar-refractivity contribution < 1.29 is 9.53 Å². The number of hydrogen-bond acceptors (Lipinski definition) is 5. The van der Waals surface area contributed by atoms with Crippen molar-refractivity contribution in [3.8, 4) is 5.75 Å². The van der Waals surface area contributed by atoms with Crippen LogP contribution in [-0.2, 0) is 24.4 Å². The fourth-order valence-corrected chi connectivity index (χ4v) is 6.18. The average molecular weight is 548 g/mol. The molecule has 1 saturated carbocycles. The Labute approximate surface area is 241 Å². The summed E-state index contributed by atoms with van der Waals surface area (Å²) in [5, 5.41) is 13.5. The molecule has 2 aliphatic rings. The molecule has 1 aliphatic heterocycles. The molecule has 1 atom stereocenters. The molecule has 1 fully saturated rings. The second-order valence-corrected chi connectivity index (χ2v) is 11.3. The van der Waals surface area contributed by atoms with Gasteiger partial charge in [-0.25, -0.2) is 0 Å². The number of carbonyl (C=O) groups is 1. The molecule has 1 aliphatic carbocycles. The Bertz CT molecular complexity index is 1560. The summed E-state index contributed by atoms with van der Waals surface area (Å²) in [6.45, 7) is 1.04. The Morgan fingerprint density at radius 1 is 0.927 bits per heavy atom. The Morgan fingerprint density at radius 3 is 2.46 bits per heavy atom. The molecule has 6 N–H and O–H groups in total. The summed E-state index contributed by atoms with van der Waals surface area (Å²) in [6.07, 6.45) is 4.31. The lowest BCUT2D eigenvalue weighted by Crippen LogP contribution is -2.49. The largest absolute Gasteiger partial charge is 0.488 e. The zero-order chi connectivity index (χ0) is 28.3. The molecule has 1 amide bonds. The van der Waals surface area contributed by atoms with Crippen molar-refractivity contribution in [1.82, 2.24) is 5.32 Å². The van der Waals surface area contributed by atoms with Gasteiger partial charge in [-0.1, -0.05) is 72.8 Å². The van der Waals surface area contributed by atoms with E-state index < -0.39 is 0 Å². The highest BCUT2D eigenvalue weighted by atomic mass is 16.5. The van der Waals surface area contributed by atoms with Gasteiger partial charge in [0.05, 0.1) is 0 Å². The smallest absolute Gasteiger partial charge is 0.243 e. The Morgan fingerprint density at radius 2 is 1.68 bits per heavy atom. The number of nitrogens with one attached hydrogen (secondary N) is 2. The van der Waals surface area contributed by atoms with Crippen LogP contribution in [0, 0.1) is 5.41 Å². The first kappa shape index (κ1) is 26.8. The maximum Gasteiger partial charge on any atom is 0.243 e. The summed E-state index contributed by atoms with van der Waals surface area (Å²) in [5.74, 6) is 0.890. The molecule has 0 bridgehead atoms. The molecule has 0 radical (unpaired) electrons. The normalized spacial score (nSPS) is 20.0. The number of carbonyl (C=O) groups excluding carboxylic acids is 1. The van der Waals surface area contributed by atoms with E-state index in [9.17, 15) is 4.79 Å². The monoisotopic (exact) mass is 547 g/mol. The average Bonchev–Trinajstić information content (AvgIpc) is 3.35. The van der Waals surface area contributed by atoms with Gasteiger partial charge in [-0.15, -0.1) is 0 Å². The van der Waals surface area contributed by atoms with Crippen molar-refractivity contribution in [1.29, 1.82) is 5.41 Å². The highest BCUT2D eigenvalue weighted by Crippen LogP contribution is 2.37. The second-order valence-electron chi connectivity index (χ2n) is 11.3. The lowest BCUT2D eigenvalue weighted by molar-refractivity contribution is -0.123. The van der Waals surface area contributed by atoms with Gasteiger partial charge < -0.3 is 26.4 Å². The van der Waals surface area contributed by atoms with Gasteiger partial charge >= 0.3 is 0 Å². The topological polar surface area (TPSA) is 117 Å². The molecular weight excluding hydrogens is 510 g/mol. The quantitative estimate of drug-likeness (QED) is 0.183. The van der Waals surface area contributed by atoms with E-state index in [2.05, 4.69) is 46.6 Å². The lowest BCUT2D eigenvalue weighted by Gasteiger charge is -2.31. The number of nitrogens with two attached hydrogens (primary N) is 2. The first-order chi connectivity index (χ1) is 20.0. The van der Waals surface area contributed by atoms with E-state index in [0.717, 1.165) is 64.6 Å². The summed E-state index contributed by atoms with van der Waals surface area (Å²) in [5.41, 5.74) is 16.9. The maximum atomic E-state index is 13.7. The van der Waals surface area contributed by atoms with Gasteiger partial charge in [-0.05, 0) is 59.9 Å². The van der Waals surface area contributed by atoms with E-state index >= 15 is 0 Å². The second kappa shape index (κ2) is 11.6. The van der Waals surface area contributed by atoms with Gasteiger partial charge in [-0.3, -0.25) is 10.2 Å². The fraction of sp³-hybridized carbons (Fsp3) is 0.294. The summed E-state index contributed by atoms with van der Waals surface area (Å²) in [6, 6.07) is 28.4. The van der Waals surface area contributed by atoms with E-state index in [1.165, 1.54) is 0 Å². The van der Waals surface area contributed by atoms with Crippen LogP contribution >= 0.6 is 0 Å². The minimum absolute atomic E-state index is 0.0181. The van der Waals surface area contributed by atoms with Crippen molar-refractivity contribution in [3.05, 3.63) is 107 Å². The summed E-state index contributed by atoms with van der Waals surface area (Å²) in [7, 11) is 0. The lowest BCUT2D eigenvalue weighted by atomic mass is 9.91. The van der Waals surface area contributed by atoms with E-state index in [1.54, 1.807) is 0 Å². The third-order valence-corrected chi connectivity index (χ3v) is 8.47. The van der Waals surface area contributed by atoms with E-state index in [-0.39, 0.29) is 29.9 Å². The summed E-state index contributed by atoms with van der Waals surface area (Å²) >= 11 is 0. The van der Waals surface area contributed by atoms with Crippen LogP contribution in [0.4, 0.5) is 5.69 Å². The SMILES string of the molecule is N=C(N)c1ccc2c(c1)N(Cc1cccc3c(OCc4ccccc4)cccc13)C(C(=O)NC1CCC(N)CC1)C2. The molecule has 1 unspecified atom stereocenters. The Hall–Kier alpha value is -4.36. The zero-order valence-corrected chi connectivity index (χ0v) is 23.2. The van der Waals surface area contributed by atoms with Crippen LogP contribution in [0.25, 0.3) is 10.8 Å². The maximum absolute atomic E-state index is 13.7. The number of anilines is 1. The molecule has 210 valence electrons. The highest BCUT2D eigenvalue weighted by Gasteiger charge is 2.36. The van der Waals surface area contributed by atoms with Gasteiger partial charge in [0.1, 0.15) is 24.2 Å². The molecule has 6 rings (SSSR count). The van der Waals surface area contributed by atoms with Crippen molar-refractivity contribution in [3.63, 3.8) is 0 Å². The summed E-state index contributed by atoms with van der Waals surface area (Å²) < 4.78 is 6.26. The van der Waals surface area contributed by atoms with E-state index in [0.29, 0.717) is 25.1 Å². The van der Waals surface area contributed by atoms with Crippen molar-refractivity contribution in [2.45, 2.75) is 63.4 Å². The predicted molar refractivity (Wildman–Crippen MR) is 164 cm³/mol. The third-order valence-electron chi connectivity index (χ3n) is 8.47. The number of fused-ring (bicyclic) bond motifs is 2. The predicted octanol–water partition coefficient (Wildman–Crippen LogP) is 5.02. The van der Waals surface area contributed by atoms with Crippen LogP contribution in [0.5, 0.6) is 5.75 Å². The molecular formula is C34H37N5O2. The summed E-state index contributed by atoms with van der Waals surface area (Å²) in [4.78, 5) is 15.9. The first-order valence-corrected chi connectivity index (χ1v) is 14.4. The number of nitrogen functional groups attached to an aromatic ring is 1. The number of amidine groups is 1. The van der Waals surface area contributed by atoms with Crippen molar-refractivity contribution >= 4 is 28.2 Å². The minimum atomic E-state index is -0.351. The number of hydrogen-bond donors (Lipinski definition) is 4. The molecule has 1 heterocycles. The highest BCUT2D eigenvalue weighted by molar-refractivity contribution is 5.97. The van der Waals surface area contributed by atoms with Gasteiger partial charge in [0.25, 0.3) is 0 Å². The first-order valence-electron chi connectivity index (χ1n) is 14.4. The third kappa shape index (κ3) is 5.77. The molecule has 41 heavy (non-hydrogen) atoms. The van der Waals surface area contributed by atoms with Crippen molar-refractivity contribution in [2.24, 2.45) is 11.5 Å². The fourth-order valence-electron chi connectivity index (χ4n) is 6.18. The van der Waals surface area contributed by atoms with Crippen molar-refractivity contribution in [2.75, 3.05) is 4.90 Å². The Balaban J connectivity index is 1.30. The molecule has 7 heteroatoms. The van der Waals surface area contributed by atoms with Crippen LogP contribution in [0.2, 0.25) is 0 Å². The Kier molecular flexibility index (Phi) is 7.61. The number of benzene rings is 4. The van der Waals surface area contributed by atoms with Crippen LogP contribution in [0.1, 0.15) is 47.9 Å². The van der Waals surface area contributed by atoms with Crippen LogP contribution in [0.3, 0.4) is 0 Å². The molecule has 4 aromatic carbocycles. The van der Waals surface area contributed by atoms with Gasteiger partial charge in [0, 0.05) is 41.7 Å². The van der Waals surface area contributed by atoms with Crippen LogP contribution < -0.4 is 26.4 Å². The van der Waals surface area contributed by atoms with E-state index in [1.807, 2.05) is 48.5 Å².